The lowest BCUT2D eigenvalue weighted by atomic mass is 10.0. The Morgan fingerprint density at radius 1 is 1.11 bits per heavy atom. The topological polar surface area (TPSA) is 39.2 Å². The molecule has 0 bridgehead atoms. The van der Waals surface area contributed by atoms with E-state index in [1.54, 1.807) is 12.4 Å². The van der Waals surface area contributed by atoms with E-state index in [9.17, 15) is 4.79 Å². The smallest absolute Gasteiger partial charge is 0.167 e. The molecule has 3 heteroatoms. The lowest BCUT2D eigenvalue weighted by Crippen LogP contribution is -2.03. The highest BCUT2D eigenvalue weighted by atomic mass is 16.5. The van der Waals surface area contributed by atoms with Gasteiger partial charge in [0.05, 0.1) is 6.61 Å². The van der Waals surface area contributed by atoms with Gasteiger partial charge < -0.3 is 4.74 Å². The first-order valence-corrected chi connectivity index (χ1v) is 6.44. The minimum Gasteiger partial charge on any atom is -0.494 e. The molecule has 1 heterocycles. The highest BCUT2D eigenvalue weighted by molar-refractivity contribution is 5.97. The van der Waals surface area contributed by atoms with Crippen LogP contribution in [0.5, 0.6) is 5.75 Å². The van der Waals surface area contributed by atoms with Gasteiger partial charge in [-0.1, -0.05) is 6.92 Å². The Morgan fingerprint density at radius 2 is 1.79 bits per heavy atom. The van der Waals surface area contributed by atoms with E-state index >= 15 is 0 Å². The molecule has 2 aromatic rings. The fourth-order valence-corrected chi connectivity index (χ4v) is 1.75. The second-order valence-electron chi connectivity index (χ2n) is 4.33. The number of hydrogen-bond donors (Lipinski definition) is 0. The van der Waals surface area contributed by atoms with Crippen LogP contribution in [0.3, 0.4) is 0 Å². The minimum atomic E-state index is 0.105. The normalized spacial score (nSPS) is 10.2. The molecule has 0 saturated carbocycles. The molecule has 0 N–H and O–H groups in total. The molecule has 0 fully saturated rings. The van der Waals surface area contributed by atoms with E-state index in [-0.39, 0.29) is 5.78 Å². The second-order valence-corrected chi connectivity index (χ2v) is 4.33. The molecule has 0 amide bonds. The lowest BCUT2D eigenvalue weighted by molar-refractivity contribution is 0.0993. The van der Waals surface area contributed by atoms with Crippen molar-refractivity contribution in [2.24, 2.45) is 0 Å². The number of carbonyl (C=O) groups excluding carboxylic acids is 1. The molecule has 0 radical (unpaired) electrons. The van der Waals surface area contributed by atoms with Gasteiger partial charge in [-0.25, -0.2) is 0 Å². The van der Waals surface area contributed by atoms with Gasteiger partial charge in [-0.05, 0) is 48.4 Å². The van der Waals surface area contributed by atoms with Gasteiger partial charge in [0.15, 0.2) is 5.78 Å². The maximum atomic E-state index is 12.1. The summed E-state index contributed by atoms with van der Waals surface area (Å²) in [6.07, 6.45) is 4.77. The van der Waals surface area contributed by atoms with Crippen LogP contribution in [-0.4, -0.2) is 17.4 Å². The summed E-state index contributed by atoms with van der Waals surface area (Å²) in [6, 6.07) is 11.0. The molecule has 1 aromatic heterocycles. The largest absolute Gasteiger partial charge is 0.494 e. The summed E-state index contributed by atoms with van der Waals surface area (Å²) in [5.74, 6) is 0.913. The molecule has 0 spiro atoms. The molecule has 0 aliphatic rings. The molecule has 0 aliphatic carbocycles. The Bertz CT molecular complexity index is 520. The number of carbonyl (C=O) groups is 1. The number of hydrogen-bond acceptors (Lipinski definition) is 3. The summed E-state index contributed by atoms with van der Waals surface area (Å²) in [4.78, 5) is 16.0. The monoisotopic (exact) mass is 255 g/mol. The zero-order valence-electron chi connectivity index (χ0n) is 11.0. The van der Waals surface area contributed by atoms with Crippen LogP contribution >= 0.6 is 0 Å². The fourth-order valence-electron chi connectivity index (χ4n) is 1.75. The molecule has 98 valence electrons. The molecule has 0 saturated heterocycles. The number of rotatable bonds is 6. The highest BCUT2D eigenvalue weighted by Crippen LogP contribution is 2.14. The molecule has 3 nitrogen and oxygen atoms in total. The first-order valence-electron chi connectivity index (χ1n) is 6.44. The standard InChI is InChI=1S/C16H17NO2/c1-2-11-19-15-5-3-14(4-6-15)16(18)12-13-7-9-17-10-8-13/h3-10H,2,11-12H2,1H3. The molecular weight excluding hydrogens is 238 g/mol. The summed E-state index contributed by atoms with van der Waals surface area (Å²) in [7, 11) is 0. The maximum absolute atomic E-state index is 12.1. The van der Waals surface area contributed by atoms with E-state index in [4.69, 9.17) is 4.74 Å². The predicted octanol–water partition coefficient (Wildman–Crippen LogP) is 3.30. The minimum absolute atomic E-state index is 0.105. The fraction of sp³-hybridized carbons (Fsp3) is 0.250. The second kappa shape index (κ2) is 6.69. The van der Waals surface area contributed by atoms with Crippen molar-refractivity contribution in [3.05, 3.63) is 59.9 Å². The van der Waals surface area contributed by atoms with Gasteiger partial charge in [-0.2, -0.15) is 0 Å². The zero-order valence-corrected chi connectivity index (χ0v) is 11.0. The van der Waals surface area contributed by atoms with Gasteiger partial charge in [0.25, 0.3) is 0 Å². The number of ketones is 1. The van der Waals surface area contributed by atoms with Gasteiger partial charge in [0, 0.05) is 24.4 Å². The Hall–Kier alpha value is -2.16. The first-order chi connectivity index (χ1) is 9.29. The van der Waals surface area contributed by atoms with Crippen molar-refractivity contribution in [1.82, 2.24) is 4.98 Å². The van der Waals surface area contributed by atoms with E-state index in [1.807, 2.05) is 36.4 Å². The Kier molecular flexibility index (Phi) is 4.67. The summed E-state index contributed by atoms with van der Waals surface area (Å²) < 4.78 is 5.49. The molecule has 2 rings (SSSR count). The zero-order chi connectivity index (χ0) is 13.5. The molecule has 19 heavy (non-hydrogen) atoms. The van der Waals surface area contributed by atoms with Crippen LogP contribution in [0.1, 0.15) is 29.3 Å². The SMILES string of the molecule is CCCOc1ccc(C(=O)Cc2ccncc2)cc1. The van der Waals surface area contributed by atoms with Gasteiger partial charge in [0.2, 0.25) is 0 Å². The number of pyridine rings is 1. The first kappa shape index (κ1) is 13.3. The van der Waals surface area contributed by atoms with Crippen molar-refractivity contribution in [3.63, 3.8) is 0 Å². The van der Waals surface area contributed by atoms with Crippen LogP contribution in [-0.2, 0) is 6.42 Å². The molecule has 1 aromatic carbocycles. The van der Waals surface area contributed by atoms with Gasteiger partial charge in [0.1, 0.15) is 5.75 Å². The molecule has 0 atom stereocenters. The third-order valence-electron chi connectivity index (χ3n) is 2.76. The van der Waals surface area contributed by atoms with Crippen LogP contribution in [0.2, 0.25) is 0 Å². The van der Waals surface area contributed by atoms with Crippen molar-refractivity contribution >= 4 is 5.78 Å². The van der Waals surface area contributed by atoms with Gasteiger partial charge >= 0.3 is 0 Å². The Morgan fingerprint density at radius 3 is 2.42 bits per heavy atom. The third kappa shape index (κ3) is 3.91. The number of aromatic nitrogens is 1. The van der Waals surface area contributed by atoms with Crippen LogP contribution in [0, 0.1) is 0 Å². The Labute approximate surface area is 113 Å². The summed E-state index contributed by atoms with van der Waals surface area (Å²) in [6.45, 7) is 2.76. The summed E-state index contributed by atoms with van der Waals surface area (Å²) in [5.41, 5.74) is 1.69. The quantitative estimate of drug-likeness (QED) is 0.743. The van der Waals surface area contributed by atoms with Crippen molar-refractivity contribution < 1.29 is 9.53 Å². The predicted molar refractivity (Wildman–Crippen MR) is 74.5 cm³/mol. The van der Waals surface area contributed by atoms with E-state index in [0.717, 1.165) is 17.7 Å². The van der Waals surface area contributed by atoms with Crippen LogP contribution < -0.4 is 4.74 Å². The molecule has 0 unspecified atom stereocenters. The van der Waals surface area contributed by atoms with Crippen molar-refractivity contribution in [3.8, 4) is 5.75 Å². The average molecular weight is 255 g/mol. The van der Waals surface area contributed by atoms with E-state index in [2.05, 4.69) is 11.9 Å². The number of benzene rings is 1. The van der Waals surface area contributed by atoms with Gasteiger partial charge in [-0.15, -0.1) is 0 Å². The Balaban J connectivity index is 1.99. The van der Waals surface area contributed by atoms with Crippen molar-refractivity contribution in [2.75, 3.05) is 6.61 Å². The number of ether oxygens (including phenoxy) is 1. The van der Waals surface area contributed by atoms with E-state index < -0.39 is 0 Å². The van der Waals surface area contributed by atoms with Crippen LogP contribution in [0.15, 0.2) is 48.8 Å². The van der Waals surface area contributed by atoms with Crippen LogP contribution in [0.4, 0.5) is 0 Å². The molecular formula is C16H17NO2. The highest BCUT2D eigenvalue weighted by Gasteiger charge is 2.07. The summed E-state index contributed by atoms with van der Waals surface area (Å²) in [5, 5.41) is 0. The van der Waals surface area contributed by atoms with Crippen LogP contribution in [0.25, 0.3) is 0 Å². The maximum Gasteiger partial charge on any atom is 0.167 e. The van der Waals surface area contributed by atoms with E-state index in [0.29, 0.717) is 18.6 Å². The lowest BCUT2D eigenvalue weighted by Gasteiger charge is -2.05. The van der Waals surface area contributed by atoms with Crippen molar-refractivity contribution in [2.45, 2.75) is 19.8 Å². The molecule has 0 aliphatic heterocycles. The average Bonchev–Trinajstić information content (AvgIpc) is 2.46. The van der Waals surface area contributed by atoms with Crippen molar-refractivity contribution in [1.29, 1.82) is 0 Å². The van der Waals surface area contributed by atoms with Gasteiger partial charge in [-0.3, -0.25) is 9.78 Å². The van der Waals surface area contributed by atoms with E-state index in [1.165, 1.54) is 0 Å². The summed E-state index contributed by atoms with van der Waals surface area (Å²) >= 11 is 0. The third-order valence-corrected chi connectivity index (χ3v) is 2.76. The number of nitrogens with zero attached hydrogens (tertiary/aromatic N) is 1. The number of Topliss-reactive ketones (excluding diaryl/α,β-unsaturated/α-hetero) is 1.